The minimum absolute atomic E-state index is 0.00510. The number of anilines is 1. The van der Waals surface area contributed by atoms with Crippen LogP contribution >= 0.6 is 0 Å². The SMILES string of the molecule is O=C(O)CC1(CC(=O)O)OB(C(Cc2coc3ccccc23)NC(=O)C(=O)Nc2cnccn2)OC1=O. The molecule has 3 aromatic rings. The van der Waals surface area contributed by atoms with Crippen LogP contribution in [-0.2, 0) is 39.7 Å². The maximum atomic E-state index is 12.7. The zero-order valence-corrected chi connectivity index (χ0v) is 18.9. The Kier molecular flexibility index (Phi) is 7.15. The molecule has 3 heterocycles. The van der Waals surface area contributed by atoms with Crippen molar-refractivity contribution in [2.45, 2.75) is 30.8 Å². The highest BCUT2D eigenvalue weighted by atomic mass is 16.7. The highest BCUT2D eigenvalue weighted by molar-refractivity contribution is 6.53. The van der Waals surface area contributed by atoms with Crippen LogP contribution in [0.15, 0.2) is 53.5 Å². The highest BCUT2D eigenvalue weighted by Gasteiger charge is 2.58. The molecule has 15 heteroatoms. The van der Waals surface area contributed by atoms with Crippen molar-refractivity contribution in [1.29, 1.82) is 0 Å². The summed E-state index contributed by atoms with van der Waals surface area (Å²) in [4.78, 5) is 68.2. The van der Waals surface area contributed by atoms with E-state index in [1.807, 2.05) is 0 Å². The Morgan fingerprint density at radius 3 is 2.46 bits per heavy atom. The average molecular weight is 510 g/mol. The first-order valence-electron chi connectivity index (χ1n) is 10.8. The Bertz CT molecular complexity index is 1350. The minimum Gasteiger partial charge on any atom is -0.506 e. The number of carbonyl (C=O) groups excluding carboxylic acids is 3. The molecule has 1 unspecified atom stereocenters. The Labute approximate surface area is 208 Å². The van der Waals surface area contributed by atoms with E-state index in [4.69, 9.17) is 13.7 Å². The number of carboxylic acids is 2. The molecule has 4 N–H and O–H groups in total. The van der Waals surface area contributed by atoms with Gasteiger partial charge in [-0.2, -0.15) is 0 Å². The number of aliphatic carboxylic acids is 2. The molecule has 190 valence electrons. The van der Waals surface area contributed by atoms with Gasteiger partial charge < -0.3 is 34.6 Å². The van der Waals surface area contributed by atoms with Gasteiger partial charge >= 0.3 is 36.8 Å². The van der Waals surface area contributed by atoms with Crippen LogP contribution in [0.4, 0.5) is 5.82 Å². The van der Waals surface area contributed by atoms with Crippen molar-refractivity contribution in [2.75, 3.05) is 5.32 Å². The first-order chi connectivity index (χ1) is 17.7. The van der Waals surface area contributed by atoms with Crippen molar-refractivity contribution in [3.63, 3.8) is 0 Å². The molecule has 0 bridgehead atoms. The zero-order chi connectivity index (χ0) is 26.6. The second-order valence-corrected chi connectivity index (χ2v) is 8.11. The van der Waals surface area contributed by atoms with Gasteiger partial charge in [0.15, 0.2) is 11.4 Å². The smallest absolute Gasteiger partial charge is 0.506 e. The number of aromatic nitrogens is 2. The van der Waals surface area contributed by atoms with Crippen LogP contribution < -0.4 is 10.6 Å². The van der Waals surface area contributed by atoms with E-state index in [2.05, 4.69) is 20.6 Å². The van der Waals surface area contributed by atoms with E-state index >= 15 is 0 Å². The molecule has 1 aliphatic heterocycles. The van der Waals surface area contributed by atoms with Crippen LogP contribution in [0.1, 0.15) is 18.4 Å². The van der Waals surface area contributed by atoms with E-state index in [9.17, 15) is 34.2 Å². The molecule has 2 aromatic heterocycles. The summed E-state index contributed by atoms with van der Waals surface area (Å²) < 4.78 is 16.3. The number of carboxylic acid groups (broad SMARTS) is 2. The molecule has 1 saturated heterocycles. The number of rotatable bonds is 9. The van der Waals surface area contributed by atoms with Gasteiger partial charge in [0.05, 0.1) is 31.2 Å². The lowest BCUT2D eigenvalue weighted by Crippen LogP contribution is -2.52. The van der Waals surface area contributed by atoms with Gasteiger partial charge in [0.25, 0.3) is 0 Å². The number of nitrogens with zero attached hydrogens (tertiary/aromatic N) is 2. The predicted octanol–water partition coefficient (Wildman–Crippen LogP) is 0.178. The topological polar surface area (TPSA) is 207 Å². The van der Waals surface area contributed by atoms with Crippen molar-refractivity contribution >= 4 is 53.6 Å². The maximum absolute atomic E-state index is 12.7. The largest absolute Gasteiger partial charge is 0.552 e. The lowest BCUT2D eigenvalue weighted by Gasteiger charge is -2.23. The molecule has 1 fully saturated rings. The van der Waals surface area contributed by atoms with E-state index in [-0.39, 0.29) is 12.2 Å². The Morgan fingerprint density at radius 1 is 1.05 bits per heavy atom. The number of nitrogens with one attached hydrogen (secondary N) is 2. The molecule has 37 heavy (non-hydrogen) atoms. The van der Waals surface area contributed by atoms with Gasteiger partial charge in [-0.1, -0.05) is 18.2 Å². The summed E-state index contributed by atoms with van der Waals surface area (Å²) in [6, 6.07) is 6.95. The van der Waals surface area contributed by atoms with E-state index in [0.29, 0.717) is 16.5 Å². The zero-order valence-electron chi connectivity index (χ0n) is 18.9. The fourth-order valence-electron chi connectivity index (χ4n) is 3.86. The van der Waals surface area contributed by atoms with Crippen molar-refractivity contribution in [2.24, 2.45) is 0 Å². The molecule has 1 aromatic carbocycles. The standard InChI is InChI=1S/C22H19BN4O10/c28-17(29)8-22(9-18(30)31)21(34)36-23(37-22)15(7-12-11-35-14-4-2-1-3-13(12)14)26-19(32)20(33)27-16-10-24-5-6-25-16/h1-6,10-11,15H,7-9H2,(H,26,32)(H,28,29)(H,30,31)(H,25,27,33). The van der Waals surface area contributed by atoms with Gasteiger partial charge in [-0.15, -0.1) is 0 Å². The number of benzene rings is 1. The predicted molar refractivity (Wildman–Crippen MR) is 123 cm³/mol. The highest BCUT2D eigenvalue weighted by Crippen LogP contribution is 2.33. The second-order valence-electron chi connectivity index (χ2n) is 8.11. The average Bonchev–Trinajstić information content (AvgIpc) is 3.39. The maximum Gasteiger partial charge on any atom is 0.552 e. The summed E-state index contributed by atoms with van der Waals surface area (Å²) in [5.41, 5.74) is -1.26. The summed E-state index contributed by atoms with van der Waals surface area (Å²) in [6.07, 6.45) is 3.23. The van der Waals surface area contributed by atoms with Crippen molar-refractivity contribution in [3.8, 4) is 0 Å². The molecular weight excluding hydrogens is 491 g/mol. The van der Waals surface area contributed by atoms with Gasteiger partial charge in [0, 0.05) is 17.8 Å². The van der Waals surface area contributed by atoms with Gasteiger partial charge in [0.1, 0.15) is 5.58 Å². The van der Waals surface area contributed by atoms with Crippen molar-refractivity contribution < 1.29 is 47.9 Å². The third-order valence-electron chi connectivity index (χ3n) is 5.47. The molecule has 1 aliphatic rings. The molecule has 4 rings (SSSR count). The van der Waals surface area contributed by atoms with Crippen molar-refractivity contribution in [1.82, 2.24) is 15.3 Å². The molecule has 0 aliphatic carbocycles. The van der Waals surface area contributed by atoms with Gasteiger partial charge in [-0.25, -0.2) is 4.98 Å². The van der Waals surface area contributed by atoms with Crippen LogP contribution in [0, 0.1) is 0 Å². The minimum atomic E-state index is -2.33. The van der Waals surface area contributed by atoms with Gasteiger partial charge in [-0.05, 0) is 18.1 Å². The summed E-state index contributed by atoms with van der Waals surface area (Å²) in [5, 5.41) is 23.8. The third kappa shape index (κ3) is 5.73. The van der Waals surface area contributed by atoms with Crippen molar-refractivity contribution in [3.05, 3.63) is 54.7 Å². The molecule has 1 atom stereocenters. The van der Waals surface area contributed by atoms with Crippen LogP contribution in [0.2, 0.25) is 0 Å². The fraction of sp³-hybridized carbons (Fsp3) is 0.227. The normalized spacial score (nSPS) is 15.1. The fourth-order valence-corrected chi connectivity index (χ4v) is 3.86. The number of hydrogen-bond donors (Lipinski definition) is 4. The Balaban J connectivity index is 1.61. The van der Waals surface area contributed by atoms with Crippen LogP contribution in [0.25, 0.3) is 11.0 Å². The van der Waals surface area contributed by atoms with Crippen LogP contribution in [0.3, 0.4) is 0 Å². The lowest BCUT2D eigenvalue weighted by atomic mass is 9.74. The molecule has 0 radical (unpaired) electrons. The summed E-state index contributed by atoms with van der Waals surface area (Å²) in [6.45, 7) is 0. The van der Waals surface area contributed by atoms with E-state index in [1.54, 1.807) is 24.3 Å². The molecule has 0 saturated carbocycles. The summed E-state index contributed by atoms with van der Waals surface area (Å²) in [5.74, 6) is -7.72. The summed E-state index contributed by atoms with van der Waals surface area (Å²) >= 11 is 0. The number of carbonyl (C=O) groups is 5. The van der Waals surface area contributed by atoms with Crippen LogP contribution in [-0.4, -0.2) is 68.6 Å². The monoisotopic (exact) mass is 510 g/mol. The third-order valence-corrected chi connectivity index (χ3v) is 5.47. The number of amides is 2. The first-order valence-corrected chi connectivity index (χ1v) is 10.8. The Morgan fingerprint density at radius 2 is 1.78 bits per heavy atom. The van der Waals surface area contributed by atoms with E-state index in [0.717, 1.165) is 0 Å². The summed E-state index contributed by atoms with van der Waals surface area (Å²) in [7, 11) is -1.62. The van der Waals surface area contributed by atoms with Gasteiger partial charge in [0.2, 0.25) is 0 Å². The number of para-hydroxylation sites is 1. The first kappa shape index (κ1) is 25.3. The Hall–Kier alpha value is -4.79. The molecule has 0 spiro atoms. The van der Waals surface area contributed by atoms with Crippen LogP contribution in [0.5, 0.6) is 0 Å². The molecular formula is C22H19BN4O10. The second kappa shape index (κ2) is 10.5. The number of hydrogen-bond acceptors (Lipinski definition) is 10. The van der Waals surface area contributed by atoms with E-state index in [1.165, 1.54) is 24.9 Å². The quantitative estimate of drug-likeness (QED) is 0.225. The van der Waals surface area contributed by atoms with E-state index < -0.39 is 61.2 Å². The van der Waals surface area contributed by atoms with Gasteiger partial charge in [-0.3, -0.25) is 29.0 Å². The number of fused-ring (bicyclic) bond motifs is 1. The number of furan rings is 1. The molecule has 14 nitrogen and oxygen atoms in total. The lowest BCUT2D eigenvalue weighted by molar-refractivity contribution is -0.157. The molecule has 2 amide bonds.